The fourth-order valence-corrected chi connectivity index (χ4v) is 3.63. The van der Waals surface area contributed by atoms with Gasteiger partial charge < -0.3 is 10.0 Å². The average Bonchev–Trinajstić information content (AvgIpc) is 2.97. The third-order valence-corrected chi connectivity index (χ3v) is 4.77. The largest absolute Gasteiger partial charge is 0.480 e. The van der Waals surface area contributed by atoms with Crippen molar-refractivity contribution >= 4 is 11.9 Å². The summed E-state index contributed by atoms with van der Waals surface area (Å²) in [4.78, 5) is 25.2. The number of likely N-dealkylation sites (tertiary alicyclic amines) is 1. The van der Waals surface area contributed by atoms with Crippen molar-refractivity contribution in [3.05, 3.63) is 35.4 Å². The van der Waals surface area contributed by atoms with Crippen LogP contribution < -0.4 is 0 Å². The summed E-state index contributed by atoms with van der Waals surface area (Å²) in [5.41, 5.74) is 2.74. The van der Waals surface area contributed by atoms with Crippen molar-refractivity contribution in [2.75, 3.05) is 6.54 Å². The van der Waals surface area contributed by atoms with E-state index in [1.165, 1.54) is 11.1 Å². The summed E-state index contributed by atoms with van der Waals surface area (Å²) in [6.07, 6.45) is 4.86. The van der Waals surface area contributed by atoms with Crippen molar-refractivity contribution in [2.45, 2.75) is 44.6 Å². The van der Waals surface area contributed by atoms with Crippen LogP contribution in [0.2, 0.25) is 0 Å². The summed E-state index contributed by atoms with van der Waals surface area (Å²) in [5, 5.41) is 9.17. The van der Waals surface area contributed by atoms with Gasteiger partial charge >= 0.3 is 5.97 Å². The van der Waals surface area contributed by atoms with E-state index in [9.17, 15) is 14.7 Å². The predicted octanol–water partition coefficient (Wildman–Crippen LogP) is 2.26. The summed E-state index contributed by atoms with van der Waals surface area (Å²) in [7, 11) is 0. The van der Waals surface area contributed by atoms with Gasteiger partial charge in [-0.05, 0) is 49.1 Å². The van der Waals surface area contributed by atoms with Crippen molar-refractivity contribution in [1.82, 2.24) is 4.90 Å². The van der Waals surface area contributed by atoms with Gasteiger partial charge in [0, 0.05) is 13.0 Å². The van der Waals surface area contributed by atoms with E-state index in [2.05, 4.69) is 18.2 Å². The molecule has 2 aliphatic rings. The first-order valence-corrected chi connectivity index (χ1v) is 7.74. The SMILES string of the molecule is O=C(O)C1CCCN1C(=O)CC1CCc2ccccc2C1. The highest BCUT2D eigenvalue weighted by Gasteiger charge is 2.34. The Morgan fingerprint density at radius 3 is 2.71 bits per heavy atom. The number of carboxylic acid groups (broad SMARTS) is 1. The molecule has 0 saturated carbocycles. The van der Waals surface area contributed by atoms with Crippen molar-refractivity contribution in [1.29, 1.82) is 0 Å². The second-order valence-corrected chi connectivity index (χ2v) is 6.17. The lowest BCUT2D eigenvalue weighted by atomic mass is 9.82. The molecule has 0 bridgehead atoms. The molecule has 0 radical (unpaired) electrons. The zero-order chi connectivity index (χ0) is 14.8. The van der Waals surface area contributed by atoms with E-state index in [-0.39, 0.29) is 5.91 Å². The minimum absolute atomic E-state index is 0.0179. The zero-order valence-electron chi connectivity index (χ0n) is 12.1. The van der Waals surface area contributed by atoms with Crippen LogP contribution in [0.4, 0.5) is 0 Å². The van der Waals surface area contributed by atoms with Gasteiger partial charge in [0.05, 0.1) is 0 Å². The quantitative estimate of drug-likeness (QED) is 0.927. The van der Waals surface area contributed by atoms with Crippen LogP contribution in [-0.2, 0) is 22.4 Å². The van der Waals surface area contributed by atoms with Gasteiger partial charge in [0.1, 0.15) is 6.04 Å². The average molecular weight is 287 g/mol. The topological polar surface area (TPSA) is 57.6 Å². The Morgan fingerprint density at radius 2 is 1.95 bits per heavy atom. The van der Waals surface area contributed by atoms with Crippen LogP contribution in [0, 0.1) is 5.92 Å². The van der Waals surface area contributed by atoms with Gasteiger partial charge in [-0.1, -0.05) is 24.3 Å². The molecule has 4 nitrogen and oxygen atoms in total. The third-order valence-electron chi connectivity index (χ3n) is 4.77. The number of nitrogens with zero attached hydrogens (tertiary/aromatic N) is 1. The van der Waals surface area contributed by atoms with Crippen molar-refractivity contribution in [2.24, 2.45) is 5.92 Å². The molecule has 2 atom stereocenters. The minimum atomic E-state index is -0.866. The van der Waals surface area contributed by atoms with E-state index in [4.69, 9.17) is 0 Å². The van der Waals surface area contributed by atoms with Crippen LogP contribution in [-0.4, -0.2) is 34.5 Å². The maximum Gasteiger partial charge on any atom is 0.326 e. The molecule has 1 aliphatic heterocycles. The van der Waals surface area contributed by atoms with E-state index in [0.29, 0.717) is 25.3 Å². The van der Waals surface area contributed by atoms with Gasteiger partial charge in [-0.15, -0.1) is 0 Å². The van der Waals surface area contributed by atoms with Crippen LogP contribution in [0.25, 0.3) is 0 Å². The zero-order valence-corrected chi connectivity index (χ0v) is 12.1. The molecule has 1 aliphatic carbocycles. The number of fused-ring (bicyclic) bond motifs is 1. The summed E-state index contributed by atoms with van der Waals surface area (Å²) in [6, 6.07) is 7.81. The number of aryl methyl sites for hydroxylation is 1. The molecule has 2 unspecified atom stereocenters. The number of carboxylic acids is 1. The second-order valence-electron chi connectivity index (χ2n) is 6.17. The Kier molecular flexibility index (Phi) is 3.95. The van der Waals surface area contributed by atoms with Crippen LogP contribution in [0.3, 0.4) is 0 Å². The van der Waals surface area contributed by atoms with Crippen molar-refractivity contribution in [3.8, 4) is 0 Å². The number of hydrogen-bond donors (Lipinski definition) is 1. The molecule has 1 aromatic rings. The van der Waals surface area contributed by atoms with Crippen molar-refractivity contribution < 1.29 is 14.7 Å². The van der Waals surface area contributed by atoms with Crippen LogP contribution >= 0.6 is 0 Å². The molecule has 1 aromatic carbocycles. The molecule has 1 N–H and O–H groups in total. The van der Waals surface area contributed by atoms with Crippen LogP contribution in [0.5, 0.6) is 0 Å². The highest BCUT2D eigenvalue weighted by Crippen LogP contribution is 2.29. The molecule has 1 heterocycles. The number of rotatable bonds is 3. The molecule has 4 heteroatoms. The lowest BCUT2D eigenvalue weighted by molar-refractivity contribution is -0.148. The molecule has 1 amide bonds. The van der Waals surface area contributed by atoms with Gasteiger partial charge in [-0.2, -0.15) is 0 Å². The Hall–Kier alpha value is -1.84. The van der Waals surface area contributed by atoms with Crippen LogP contribution in [0.1, 0.15) is 36.8 Å². The Morgan fingerprint density at radius 1 is 1.19 bits per heavy atom. The number of carbonyl (C=O) groups is 2. The van der Waals surface area contributed by atoms with Gasteiger partial charge in [0.2, 0.25) is 5.91 Å². The number of benzene rings is 1. The molecule has 3 rings (SSSR count). The van der Waals surface area contributed by atoms with E-state index in [1.807, 2.05) is 6.07 Å². The summed E-state index contributed by atoms with van der Waals surface area (Å²) >= 11 is 0. The van der Waals surface area contributed by atoms with Crippen LogP contribution in [0.15, 0.2) is 24.3 Å². The maximum absolute atomic E-state index is 12.4. The molecular weight excluding hydrogens is 266 g/mol. The Balaban J connectivity index is 1.62. The monoisotopic (exact) mass is 287 g/mol. The molecule has 1 saturated heterocycles. The van der Waals surface area contributed by atoms with E-state index in [0.717, 1.165) is 25.7 Å². The Bertz CT molecular complexity index is 555. The highest BCUT2D eigenvalue weighted by molar-refractivity contribution is 5.84. The normalized spacial score (nSPS) is 24.7. The summed E-state index contributed by atoms with van der Waals surface area (Å²) < 4.78 is 0. The molecule has 112 valence electrons. The number of amides is 1. The number of hydrogen-bond acceptors (Lipinski definition) is 2. The maximum atomic E-state index is 12.4. The molecule has 0 aromatic heterocycles. The minimum Gasteiger partial charge on any atom is -0.480 e. The molecular formula is C17H21NO3. The first kappa shape index (κ1) is 14.1. The number of carbonyl (C=O) groups excluding carboxylic acids is 1. The van der Waals surface area contributed by atoms with Gasteiger partial charge in [0.15, 0.2) is 0 Å². The van der Waals surface area contributed by atoms with E-state index >= 15 is 0 Å². The highest BCUT2D eigenvalue weighted by atomic mass is 16.4. The fourth-order valence-electron chi connectivity index (χ4n) is 3.63. The fraction of sp³-hybridized carbons (Fsp3) is 0.529. The Labute approximate surface area is 124 Å². The molecule has 0 spiro atoms. The van der Waals surface area contributed by atoms with Gasteiger partial charge in [-0.3, -0.25) is 4.79 Å². The molecule has 1 fully saturated rings. The van der Waals surface area contributed by atoms with E-state index in [1.54, 1.807) is 4.90 Å². The second kappa shape index (κ2) is 5.88. The first-order chi connectivity index (χ1) is 10.1. The predicted molar refractivity (Wildman–Crippen MR) is 78.9 cm³/mol. The smallest absolute Gasteiger partial charge is 0.326 e. The van der Waals surface area contributed by atoms with Gasteiger partial charge in [-0.25, -0.2) is 4.79 Å². The third kappa shape index (κ3) is 2.94. The molecule has 21 heavy (non-hydrogen) atoms. The van der Waals surface area contributed by atoms with E-state index < -0.39 is 12.0 Å². The first-order valence-electron chi connectivity index (χ1n) is 7.74. The summed E-state index contributed by atoms with van der Waals surface area (Å²) in [5.74, 6) is -0.499. The number of aliphatic carboxylic acids is 1. The van der Waals surface area contributed by atoms with Crippen molar-refractivity contribution in [3.63, 3.8) is 0 Å². The lowest BCUT2D eigenvalue weighted by Crippen LogP contribution is -2.41. The lowest BCUT2D eigenvalue weighted by Gasteiger charge is -2.27. The standard InChI is InChI=1S/C17H21NO3/c19-16(18-9-3-6-15(18)17(20)21)11-12-7-8-13-4-1-2-5-14(13)10-12/h1-2,4-5,12,15H,3,6-11H2,(H,20,21). The van der Waals surface area contributed by atoms with Gasteiger partial charge in [0.25, 0.3) is 0 Å². The summed E-state index contributed by atoms with van der Waals surface area (Å²) in [6.45, 7) is 0.596.